The number of rotatable bonds is 6. The molecule has 2 N–H and O–H groups in total. The van der Waals surface area contributed by atoms with Crippen LogP contribution in [0.1, 0.15) is 32.6 Å². The fourth-order valence-electron chi connectivity index (χ4n) is 2.12. The number of aliphatic carboxylic acids is 1. The molecule has 0 amide bonds. The van der Waals surface area contributed by atoms with Gasteiger partial charge in [-0.2, -0.15) is 0 Å². The fourth-order valence-corrected chi connectivity index (χ4v) is 2.12. The summed E-state index contributed by atoms with van der Waals surface area (Å²) in [4.78, 5) is 13.2. The molecule has 0 aromatic rings. The molecule has 0 aromatic heterocycles. The van der Waals surface area contributed by atoms with Crippen molar-refractivity contribution in [3.8, 4) is 0 Å². The number of carbonyl (C=O) groups is 1. The largest absolute Gasteiger partial charge is 0.480 e. The molecule has 1 aliphatic heterocycles. The van der Waals surface area contributed by atoms with E-state index in [1.807, 2.05) is 6.92 Å². The molecule has 2 atom stereocenters. The van der Waals surface area contributed by atoms with Gasteiger partial charge in [0.15, 0.2) is 0 Å². The van der Waals surface area contributed by atoms with E-state index in [2.05, 4.69) is 17.3 Å². The van der Waals surface area contributed by atoms with Crippen LogP contribution in [0.3, 0.4) is 0 Å². The highest BCUT2D eigenvalue weighted by atomic mass is 16.4. The first-order valence-electron chi connectivity index (χ1n) is 5.81. The Hall–Kier alpha value is -0.610. The molecule has 0 saturated carbocycles. The van der Waals surface area contributed by atoms with Crippen LogP contribution in [0.2, 0.25) is 0 Å². The van der Waals surface area contributed by atoms with Gasteiger partial charge in [0.2, 0.25) is 0 Å². The van der Waals surface area contributed by atoms with Gasteiger partial charge in [0.1, 0.15) is 6.04 Å². The summed E-state index contributed by atoms with van der Waals surface area (Å²) in [5.41, 5.74) is 0. The third-order valence-corrected chi connectivity index (χ3v) is 3.15. The van der Waals surface area contributed by atoms with Crippen LogP contribution < -0.4 is 5.32 Å². The Morgan fingerprint density at radius 1 is 1.67 bits per heavy atom. The highest BCUT2D eigenvalue weighted by Gasteiger charge is 2.23. The van der Waals surface area contributed by atoms with Crippen molar-refractivity contribution in [2.24, 2.45) is 0 Å². The van der Waals surface area contributed by atoms with Crippen molar-refractivity contribution in [2.75, 3.05) is 20.1 Å². The zero-order valence-corrected chi connectivity index (χ0v) is 9.70. The number of nitrogens with zero attached hydrogens (tertiary/aromatic N) is 1. The van der Waals surface area contributed by atoms with Crippen molar-refractivity contribution in [3.05, 3.63) is 0 Å². The van der Waals surface area contributed by atoms with Gasteiger partial charge in [-0.3, -0.25) is 4.79 Å². The van der Waals surface area contributed by atoms with Crippen molar-refractivity contribution in [1.82, 2.24) is 10.2 Å². The van der Waals surface area contributed by atoms with Gasteiger partial charge >= 0.3 is 5.97 Å². The number of hydrogen-bond acceptors (Lipinski definition) is 3. The van der Waals surface area contributed by atoms with E-state index in [1.54, 1.807) is 0 Å². The summed E-state index contributed by atoms with van der Waals surface area (Å²) in [5, 5.41) is 12.1. The van der Waals surface area contributed by atoms with E-state index in [4.69, 9.17) is 5.11 Å². The molecule has 1 saturated heterocycles. The van der Waals surface area contributed by atoms with Crippen LogP contribution in [-0.2, 0) is 4.79 Å². The molecule has 1 fully saturated rings. The Labute approximate surface area is 91.6 Å². The maximum atomic E-state index is 10.9. The first-order chi connectivity index (χ1) is 7.15. The van der Waals surface area contributed by atoms with Gasteiger partial charge in [-0.15, -0.1) is 0 Å². The lowest BCUT2D eigenvalue weighted by Crippen LogP contribution is -2.43. The summed E-state index contributed by atoms with van der Waals surface area (Å²) in [5.74, 6) is -0.725. The second-order valence-corrected chi connectivity index (χ2v) is 4.36. The highest BCUT2D eigenvalue weighted by Crippen LogP contribution is 2.13. The number of likely N-dealkylation sites (N-methyl/N-ethyl adjacent to an activating group) is 1. The van der Waals surface area contributed by atoms with Crippen LogP contribution in [0.15, 0.2) is 0 Å². The van der Waals surface area contributed by atoms with E-state index in [-0.39, 0.29) is 6.04 Å². The molecule has 1 heterocycles. The maximum Gasteiger partial charge on any atom is 0.320 e. The predicted molar refractivity (Wildman–Crippen MR) is 60.0 cm³/mol. The third kappa shape index (κ3) is 3.80. The lowest BCUT2D eigenvalue weighted by Gasteiger charge is -2.22. The molecule has 88 valence electrons. The Kier molecular flexibility index (Phi) is 5.05. The summed E-state index contributed by atoms with van der Waals surface area (Å²) < 4.78 is 0. The first kappa shape index (κ1) is 12.5. The molecular formula is C11H22N2O2. The molecule has 0 radical (unpaired) electrons. The zero-order valence-electron chi connectivity index (χ0n) is 9.70. The average molecular weight is 214 g/mol. The van der Waals surface area contributed by atoms with E-state index in [0.717, 1.165) is 19.5 Å². The quantitative estimate of drug-likeness (QED) is 0.690. The summed E-state index contributed by atoms with van der Waals surface area (Å²) in [6, 6.07) is 0.146. The van der Waals surface area contributed by atoms with Crippen molar-refractivity contribution in [1.29, 1.82) is 0 Å². The summed E-state index contributed by atoms with van der Waals surface area (Å²) in [7, 11) is 2.11. The SMILES string of the molecule is CCCC(NCC1CCCN1C)C(=O)O. The van der Waals surface area contributed by atoms with Gasteiger partial charge in [0.25, 0.3) is 0 Å². The number of nitrogens with one attached hydrogen (secondary N) is 1. The van der Waals surface area contributed by atoms with Crippen LogP contribution in [0.5, 0.6) is 0 Å². The Bertz CT molecular complexity index is 209. The van der Waals surface area contributed by atoms with Crippen LogP contribution in [0, 0.1) is 0 Å². The van der Waals surface area contributed by atoms with Crippen molar-refractivity contribution in [2.45, 2.75) is 44.7 Å². The molecule has 1 aliphatic rings. The molecule has 0 aromatic carbocycles. The number of likely N-dealkylation sites (tertiary alicyclic amines) is 1. The molecular weight excluding hydrogens is 192 g/mol. The Morgan fingerprint density at radius 3 is 2.87 bits per heavy atom. The lowest BCUT2D eigenvalue weighted by molar-refractivity contribution is -0.139. The molecule has 4 heteroatoms. The minimum absolute atomic E-state index is 0.371. The fraction of sp³-hybridized carbons (Fsp3) is 0.909. The number of hydrogen-bond donors (Lipinski definition) is 2. The summed E-state index contributed by atoms with van der Waals surface area (Å²) in [6.07, 6.45) is 4.03. The monoisotopic (exact) mass is 214 g/mol. The topological polar surface area (TPSA) is 52.6 Å². The normalized spacial score (nSPS) is 24.3. The lowest BCUT2D eigenvalue weighted by atomic mass is 10.1. The zero-order chi connectivity index (χ0) is 11.3. The van der Waals surface area contributed by atoms with E-state index in [1.165, 1.54) is 12.8 Å². The molecule has 0 bridgehead atoms. The van der Waals surface area contributed by atoms with Crippen molar-refractivity contribution >= 4 is 5.97 Å². The van der Waals surface area contributed by atoms with Crippen LogP contribution in [0.4, 0.5) is 0 Å². The van der Waals surface area contributed by atoms with E-state index in [9.17, 15) is 4.79 Å². The smallest absolute Gasteiger partial charge is 0.320 e. The van der Waals surface area contributed by atoms with Crippen LogP contribution >= 0.6 is 0 Å². The van der Waals surface area contributed by atoms with Crippen LogP contribution in [-0.4, -0.2) is 48.2 Å². The second kappa shape index (κ2) is 6.08. The molecule has 0 spiro atoms. The van der Waals surface area contributed by atoms with Gasteiger partial charge in [0, 0.05) is 12.6 Å². The van der Waals surface area contributed by atoms with Gasteiger partial charge in [0.05, 0.1) is 0 Å². The molecule has 2 unspecified atom stereocenters. The Morgan fingerprint density at radius 2 is 2.40 bits per heavy atom. The van der Waals surface area contributed by atoms with E-state index >= 15 is 0 Å². The van der Waals surface area contributed by atoms with Crippen molar-refractivity contribution in [3.63, 3.8) is 0 Å². The minimum atomic E-state index is -0.725. The first-order valence-corrected chi connectivity index (χ1v) is 5.81. The number of carboxylic acids is 1. The molecule has 15 heavy (non-hydrogen) atoms. The molecule has 1 rings (SSSR count). The Balaban J connectivity index is 2.29. The summed E-state index contributed by atoms with van der Waals surface area (Å²) in [6.45, 7) is 3.95. The van der Waals surface area contributed by atoms with E-state index in [0.29, 0.717) is 12.5 Å². The van der Waals surface area contributed by atoms with E-state index < -0.39 is 5.97 Å². The average Bonchev–Trinajstić information content (AvgIpc) is 2.58. The molecule has 0 aliphatic carbocycles. The minimum Gasteiger partial charge on any atom is -0.480 e. The summed E-state index contributed by atoms with van der Waals surface area (Å²) >= 11 is 0. The third-order valence-electron chi connectivity index (χ3n) is 3.15. The molecule has 4 nitrogen and oxygen atoms in total. The van der Waals surface area contributed by atoms with Gasteiger partial charge in [-0.1, -0.05) is 13.3 Å². The number of carboxylic acid groups (broad SMARTS) is 1. The van der Waals surface area contributed by atoms with Gasteiger partial charge < -0.3 is 15.3 Å². The van der Waals surface area contributed by atoms with Gasteiger partial charge in [-0.25, -0.2) is 0 Å². The van der Waals surface area contributed by atoms with Crippen molar-refractivity contribution < 1.29 is 9.90 Å². The van der Waals surface area contributed by atoms with Gasteiger partial charge in [-0.05, 0) is 32.9 Å². The second-order valence-electron chi connectivity index (χ2n) is 4.36. The standard InChI is InChI=1S/C11H22N2O2/c1-3-5-10(11(14)15)12-8-9-6-4-7-13(9)2/h9-10,12H,3-8H2,1-2H3,(H,14,15). The van der Waals surface area contributed by atoms with Crippen LogP contribution in [0.25, 0.3) is 0 Å². The maximum absolute atomic E-state index is 10.9. The predicted octanol–water partition coefficient (Wildman–Crippen LogP) is 0.923. The highest BCUT2D eigenvalue weighted by molar-refractivity contribution is 5.73.